The van der Waals surface area contributed by atoms with E-state index in [-0.39, 0.29) is 5.92 Å². The number of hydrogen-bond donors (Lipinski definition) is 1. The highest BCUT2D eigenvalue weighted by molar-refractivity contribution is 5.79. The molecule has 1 N–H and O–H groups in total. The molecule has 3 nitrogen and oxygen atoms in total. The number of hydrogen-bond acceptors (Lipinski definition) is 2. The molecule has 2 heterocycles. The van der Waals surface area contributed by atoms with Gasteiger partial charge in [-0.3, -0.25) is 4.79 Å². The van der Waals surface area contributed by atoms with Crippen LogP contribution >= 0.6 is 0 Å². The second-order valence-electron chi connectivity index (χ2n) is 5.27. The number of carbonyl (C=O) groups is 1. The maximum Gasteiger partial charge on any atom is 0.227 e. The standard InChI is InChI=1S/C12H22N2O/c1-9(2)11-4-6-14(8-11)12(15)10-3-5-13-7-10/h9-11,13H,3-8H2,1-2H3/t10-,11?/m0/s1. The average Bonchev–Trinajstić information content (AvgIpc) is 2.88. The van der Waals surface area contributed by atoms with Crippen molar-refractivity contribution in [2.45, 2.75) is 26.7 Å². The largest absolute Gasteiger partial charge is 0.342 e. The summed E-state index contributed by atoms with van der Waals surface area (Å²) < 4.78 is 0. The molecule has 0 aromatic carbocycles. The van der Waals surface area contributed by atoms with E-state index in [2.05, 4.69) is 24.1 Å². The van der Waals surface area contributed by atoms with E-state index < -0.39 is 0 Å². The molecule has 0 radical (unpaired) electrons. The van der Waals surface area contributed by atoms with Crippen LogP contribution in [-0.4, -0.2) is 37.0 Å². The van der Waals surface area contributed by atoms with Crippen LogP contribution in [0.4, 0.5) is 0 Å². The molecule has 2 saturated heterocycles. The van der Waals surface area contributed by atoms with Gasteiger partial charge >= 0.3 is 0 Å². The summed E-state index contributed by atoms with van der Waals surface area (Å²) in [6.45, 7) is 8.40. The van der Waals surface area contributed by atoms with Crippen LogP contribution in [0.3, 0.4) is 0 Å². The molecular weight excluding hydrogens is 188 g/mol. The van der Waals surface area contributed by atoms with Gasteiger partial charge in [0.2, 0.25) is 5.91 Å². The third-order valence-corrected chi connectivity index (χ3v) is 3.89. The molecule has 0 spiro atoms. The van der Waals surface area contributed by atoms with Crippen LogP contribution in [-0.2, 0) is 4.79 Å². The number of carbonyl (C=O) groups excluding carboxylic acids is 1. The molecule has 3 heteroatoms. The van der Waals surface area contributed by atoms with E-state index in [1.54, 1.807) is 0 Å². The molecule has 0 saturated carbocycles. The Morgan fingerprint density at radius 2 is 2.20 bits per heavy atom. The van der Waals surface area contributed by atoms with Crippen molar-refractivity contribution < 1.29 is 4.79 Å². The van der Waals surface area contributed by atoms with E-state index in [1.165, 1.54) is 6.42 Å². The van der Waals surface area contributed by atoms with Gasteiger partial charge in [-0.2, -0.15) is 0 Å². The van der Waals surface area contributed by atoms with Crippen molar-refractivity contribution in [3.05, 3.63) is 0 Å². The first kappa shape index (κ1) is 10.9. The molecule has 0 aromatic heterocycles. The SMILES string of the molecule is CC(C)C1CCN(C(=O)[C@H]2CCNC2)C1. The molecule has 0 aliphatic carbocycles. The van der Waals surface area contributed by atoms with Crippen molar-refractivity contribution in [2.75, 3.05) is 26.2 Å². The lowest BCUT2D eigenvalue weighted by Gasteiger charge is -2.21. The third kappa shape index (κ3) is 2.33. The smallest absolute Gasteiger partial charge is 0.227 e. The van der Waals surface area contributed by atoms with Crippen LogP contribution in [0.15, 0.2) is 0 Å². The van der Waals surface area contributed by atoms with E-state index >= 15 is 0 Å². The van der Waals surface area contributed by atoms with Gasteiger partial charge in [-0.15, -0.1) is 0 Å². The van der Waals surface area contributed by atoms with Gasteiger partial charge in [0.05, 0.1) is 5.92 Å². The molecule has 2 atom stereocenters. The van der Waals surface area contributed by atoms with Crippen LogP contribution in [0.2, 0.25) is 0 Å². The van der Waals surface area contributed by atoms with Gasteiger partial charge in [-0.1, -0.05) is 13.8 Å². The third-order valence-electron chi connectivity index (χ3n) is 3.89. The monoisotopic (exact) mass is 210 g/mol. The van der Waals surface area contributed by atoms with Crippen molar-refractivity contribution in [3.8, 4) is 0 Å². The lowest BCUT2D eigenvalue weighted by Crippen LogP contribution is -2.35. The molecule has 2 rings (SSSR count). The maximum atomic E-state index is 12.1. The molecule has 1 unspecified atom stereocenters. The molecule has 0 bridgehead atoms. The predicted molar refractivity (Wildman–Crippen MR) is 60.5 cm³/mol. The summed E-state index contributed by atoms with van der Waals surface area (Å²) in [5.41, 5.74) is 0. The number of rotatable bonds is 2. The number of nitrogens with one attached hydrogen (secondary N) is 1. The Hall–Kier alpha value is -0.570. The molecular formula is C12H22N2O. The zero-order chi connectivity index (χ0) is 10.8. The first-order chi connectivity index (χ1) is 7.18. The highest BCUT2D eigenvalue weighted by Gasteiger charge is 2.32. The van der Waals surface area contributed by atoms with Crippen LogP contribution < -0.4 is 5.32 Å². The minimum Gasteiger partial charge on any atom is -0.342 e. The highest BCUT2D eigenvalue weighted by Crippen LogP contribution is 2.25. The molecule has 2 fully saturated rings. The molecule has 15 heavy (non-hydrogen) atoms. The second kappa shape index (κ2) is 4.52. The zero-order valence-corrected chi connectivity index (χ0v) is 9.83. The fourth-order valence-corrected chi connectivity index (χ4v) is 2.66. The Bertz CT molecular complexity index is 234. The van der Waals surface area contributed by atoms with Gasteiger partial charge in [0.1, 0.15) is 0 Å². The minimum atomic E-state index is 0.260. The number of likely N-dealkylation sites (tertiary alicyclic amines) is 1. The first-order valence-electron chi connectivity index (χ1n) is 6.18. The Labute approximate surface area is 92.2 Å². The number of amides is 1. The number of nitrogens with zero attached hydrogens (tertiary/aromatic N) is 1. The van der Waals surface area contributed by atoms with Crippen molar-refractivity contribution in [2.24, 2.45) is 17.8 Å². The second-order valence-corrected chi connectivity index (χ2v) is 5.27. The summed E-state index contributed by atoms with van der Waals surface area (Å²) in [6, 6.07) is 0. The topological polar surface area (TPSA) is 32.3 Å². The molecule has 1 amide bonds. The zero-order valence-electron chi connectivity index (χ0n) is 9.83. The predicted octanol–water partition coefficient (Wildman–Crippen LogP) is 1.10. The normalized spacial score (nSPS) is 31.5. The Morgan fingerprint density at radius 3 is 2.73 bits per heavy atom. The van der Waals surface area contributed by atoms with Crippen LogP contribution in [0.5, 0.6) is 0 Å². The van der Waals surface area contributed by atoms with Crippen LogP contribution in [0.25, 0.3) is 0 Å². The Kier molecular flexibility index (Phi) is 3.29. The van der Waals surface area contributed by atoms with Gasteiger partial charge < -0.3 is 10.2 Å². The van der Waals surface area contributed by atoms with Crippen molar-refractivity contribution in [1.82, 2.24) is 10.2 Å². The van der Waals surface area contributed by atoms with Crippen molar-refractivity contribution in [3.63, 3.8) is 0 Å². The quantitative estimate of drug-likeness (QED) is 0.740. The molecule has 2 aliphatic rings. The summed E-state index contributed by atoms with van der Waals surface area (Å²) >= 11 is 0. The summed E-state index contributed by atoms with van der Waals surface area (Å²) in [7, 11) is 0. The van der Waals surface area contributed by atoms with Crippen molar-refractivity contribution in [1.29, 1.82) is 0 Å². The summed E-state index contributed by atoms with van der Waals surface area (Å²) in [4.78, 5) is 14.2. The van der Waals surface area contributed by atoms with Crippen LogP contribution in [0.1, 0.15) is 26.7 Å². The highest BCUT2D eigenvalue weighted by atomic mass is 16.2. The van der Waals surface area contributed by atoms with Crippen molar-refractivity contribution >= 4 is 5.91 Å². The fourth-order valence-electron chi connectivity index (χ4n) is 2.66. The lowest BCUT2D eigenvalue weighted by atomic mass is 9.95. The molecule has 0 aromatic rings. The average molecular weight is 210 g/mol. The summed E-state index contributed by atoms with van der Waals surface area (Å²) in [5.74, 6) is 2.09. The van der Waals surface area contributed by atoms with Crippen LogP contribution in [0, 0.1) is 17.8 Å². The molecule has 2 aliphatic heterocycles. The van der Waals surface area contributed by atoms with E-state index in [0.717, 1.165) is 38.5 Å². The van der Waals surface area contributed by atoms with E-state index in [1.807, 2.05) is 0 Å². The Balaban J connectivity index is 1.87. The Morgan fingerprint density at radius 1 is 1.40 bits per heavy atom. The molecule has 86 valence electrons. The van der Waals surface area contributed by atoms with E-state index in [0.29, 0.717) is 11.8 Å². The maximum absolute atomic E-state index is 12.1. The van der Waals surface area contributed by atoms with Gasteiger partial charge in [-0.05, 0) is 31.2 Å². The summed E-state index contributed by atoms with van der Waals surface area (Å²) in [6.07, 6.45) is 2.23. The fraction of sp³-hybridized carbons (Fsp3) is 0.917. The van der Waals surface area contributed by atoms with E-state index in [9.17, 15) is 4.79 Å². The summed E-state index contributed by atoms with van der Waals surface area (Å²) in [5, 5.41) is 3.26. The first-order valence-corrected chi connectivity index (χ1v) is 6.18. The minimum absolute atomic E-state index is 0.260. The lowest BCUT2D eigenvalue weighted by molar-refractivity contribution is -0.134. The van der Waals surface area contributed by atoms with E-state index in [4.69, 9.17) is 0 Å². The van der Waals surface area contributed by atoms with Gasteiger partial charge in [-0.25, -0.2) is 0 Å². The van der Waals surface area contributed by atoms with Gasteiger partial charge in [0, 0.05) is 19.6 Å². The van der Waals surface area contributed by atoms with Gasteiger partial charge in [0.25, 0.3) is 0 Å². The van der Waals surface area contributed by atoms with Gasteiger partial charge in [0.15, 0.2) is 0 Å².